The summed E-state index contributed by atoms with van der Waals surface area (Å²) in [5.41, 5.74) is 6.91. The van der Waals surface area contributed by atoms with Crippen molar-refractivity contribution < 1.29 is 4.39 Å². The SMILES string of the molecule is Cc1c(F)cccc1NC(C)CN. The molecule has 0 bridgehead atoms. The van der Waals surface area contributed by atoms with Crippen molar-refractivity contribution in [2.45, 2.75) is 19.9 Å². The van der Waals surface area contributed by atoms with Crippen LogP contribution in [0.15, 0.2) is 18.2 Å². The van der Waals surface area contributed by atoms with Crippen LogP contribution in [-0.4, -0.2) is 12.6 Å². The number of rotatable bonds is 3. The second-order valence-corrected chi connectivity index (χ2v) is 3.19. The van der Waals surface area contributed by atoms with E-state index in [2.05, 4.69) is 5.32 Å². The van der Waals surface area contributed by atoms with E-state index in [1.807, 2.05) is 13.0 Å². The molecule has 3 N–H and O–H groups in total. The third kappa shape index (κ3) is 2.42. The minimum atomic E-state index is -0.186. The van der Waals surface area contributed by atoms with Gasteiger partial charge in [-0.15, -0.1) is 0 Å². The molecule has 0 saturated heterocycles. The minimum absolute atomic E-state index is 0.167. The van der Waals surface area contributed by atoms with Crippen molar-refractivity contribution in [3.8, 4) is 0 Å². The summed E-state index contributed by atoms with van der Waals surface area (Å²) in [7, 11) is 0. The fourth-order valence-electron chi connectivity index (χ4n) is 1.09. The minimum Gasteiger partial charge on any atom is -0.381 e. The van der Waals surface area contributed by atoms with Gasteiger partial charge in [0.25, 0.3) is 0 Å². The molecule has 0 aliphatic rings. The van der Waals surface area contributed by atoms with E-state index in [1.165, 1.54) is 6.07 Å². The Morgan fingerprint density at radius 2 is 2.23 bits per heavy atom. The molecule has 13 heavy (non-hydrogen) atoms. The number of hydrogen-bond acceptors (Lipinski definition) is 2. The quantitative estimate of drug-likeness (QED) is 0.749. The van der Waals surface area contributed by atoms with Crippen LogP contribution in [0.3, 0.4) is 0 Å². The molecule has 1 rings (SSSR count). The van der Waals surface area contributed by atoms with Crippen LogP contribution < -0.4 is 11.1 Å². The molecule has 1 aromatic rings. The molecule has 0 heterocycles. The smallest absolute Gasteiger partial charge is 0.128 e. The summed E-state index contributed by atoms with van der Waals surface area (Å²) >= 11 is 0. The zero-order valence-electron chi connectivity index (χ0n) is 7.97. The summed E-state index contributed by atoms with van der Waals surface area (Å²) in [6.45, 7) is 4.25. The van der Waals surface area contributed by atoms with E-state index < -0.39 is 0 Å². The summed E-state index contributed by atoms with van der Waals surface area (Å²) in [5, 5.41) is 3.14. The summed E-state index contributed by atoms with van der Waals surface area (Å²) in [5.74, 6) is -0.186. The Morgan fingerprint density at radius 1 is 1.54 bits per heavy atom. The summed E-state index contributed by atoms with van der Waals surface area (Å²) in [6.07, 6.45) is 0. The molecular weight excluding hydrogens is 167 g/mol. The third-order valence-electron chi connectivity index (χ3n) is 2.02. The van der Waals surface area contributed by atoms with Gasteiger partial charge in [0.15, 0.2) is 0 Å². The fraction of sp³-hybridized carbons (Fsp3) is 0.400. The van der Waals surface area contributed by atoms with Crippen LogP contribution in [0.5, 0.6) is 0 Å². The van der Waals surface area contributed by atoms with Crippen molar-refractivity contribution >= 4 is 5.69 Å². The van der Waals surface area contributed by atoms with Crippen LogP contribution in [0.1, 0.15) is 12.5 Å². The van der Waals surface area contributed by atoms with Gasteiger partial charge >= 0.3 is 0 Å². The Hall–Kier alpha value is -1.09. The van der Waals surface area contributed by atoms with E-state index in [1.54, 1.807) is 13.0 Å². The average molecular weight is 182 g/mol. The molecule has 72 valence electrons. The van der Waals surface area contributed by atoms with Crippen LogP contribution in [0.4, 0.5) is 10.1 Å². The standard InChI is InChI=1S/C10H15FN2/c1-7(6-12)13-10-5-3-4-9(11)8(10)2/h3-5,7,13H,6,12H2,1-2H3. The van der Waals surface area contributed by atoms with Crippen molar-refractivity contribution in [2.24, 2.45) is 5.73 Å². The van der Waals surface area contributed by atoms with Gasteiger partial charge in [-0.1, -0.05) is 6.07 Å². The monoisotopic (exact) mass is 182 g/mol. The Bertz CT molecular complexity index is 286. The van der Waals surface area contributed by atoms with E-state index >= 15 is 0 Å². The highest BCUT2D eigenvalue weighted by molar-refractivity contribution is 5.51. The molecule has 0 radical (unpaired) electrons. The van der Waals surface area contributed by atoms with Crippen molar-refractivity contribution in [1.29, 1.82) is 0 Å². The first kappa shape index (κ1) is 9.99. The van der Waals surface area contributed by atoms with Crippen molar-refractivity contribution in [1.82, 2.24) is 0 Å². The zero-order valence-corrected chi connectivity index (χ0v) is 7.97. The number of hydrogen-bond donors (Lipinski definition) is 2. The molecule has 0 amide bonds. The Labute approximate surface area is 77.9 Å². The molecule has 3 heteroatoms. The van der Waals surface area contributed by atoms with Gasteiger partial charge in [-0.2, -0.15) is 0 Å². The number of benzene rings is 1. The molecule has 0 fully saturated rings. The fourth-order valence-corrected chi connectivity index (χ4v) is 1.09. The van der Waals surface area contributed by atoms with Crippen LogP contribution >= 0.6 is 0 Å². The first-order valence-electron chi connectivity index (χ1n) is 4.37. The van der Waals surface area contributed by atoms with Crippen molar-refractivity contribution in [3.05, 3.63) is 29.6 Å². The maximum absolute atomic E-state index is 13.1. The van der Waals surface area contributed by atoms with Crippen molar-refractivity contribution in [3.63, 3.8) is 0 Å². The molecule has 1 aromatic carbocycles. The number of anilines is 1. The van der Waals surface area contributed by atoms with Gasteiger partial charge in [0.2, 0.25) is 0 Å². The number of halogens is 1. The van der Waals surface area contributed by atoms with Crippen molar-refractivity contribution in [2.75, 3.05) is 11.9 Å². The van der Waals surface area contributed by atoms with Crippen LogP contribution in [0, 0.1) is 12.7 Å². The predicted molar refractivity (Wildman–Crippen MR) is 53.3 cm³/mol. The molecule has 0 aromatic heterocycles. The highest BCUT2D eigenvalue weighted by atomic mass is 19.1. The van der Waals surface area contributed by atoms with E-state index in [9.17, 15) is 4.39 Å². The molecule has 0 aliphatic heterocycles. The lowest BCUT2D eigenvalue weighted by Crippen LogP contribution is -2.25. The number of nitrogens with two attached hydrogens (primary N) is 1. The van der Waals surface area contributed by atoms with Gasteiger partial charge in [-0.25, -0.2) is 4.39 Å². The van der Waals surface area contributed by atoms with Gasteiger partial charge in [-0.05, 0) is 26.0 Å². The summed E-state index contributed by atoms with van der Waals surface area (Å²) < 4.78 is 13.1. The molecule has 0 aliphatic carbocycles. The van der Waals surface area contributed by atoms with E-state index in [4.69, 9.17) is 5.73 Å². The zero-order chi connectivity index (χ0) is 9.84. The maximum Gasteiger partial charge on any atom is 0.128 e. The molecular formula is C10H15FN2. The van der Waals surface area contributed by atoms with Gasteiger partial charge in [0.05, 0.1) is 0 Å². The van der Waals surface area contributed by atoms with Gasteiger partial charge in [0, 0.05) is 23.8 Å². The normalized spacial score (nSPS) is 12.6. The summed E-state index contributed by atoms with van der Waals surface area (Å²) in [4.78, 5) is 0. The van der Waals surface area contributed by atoms with E-state index in [0.717, 1.165) is 5.69 Å². The van der Waals surface area contributed by atoms with Crippen LogP contribution in [0.2, 0.25) is 0 Å². The van der Waals surface area contributed by atoms with E-state index in [-0.39, 0.29) is 11.9 Å². The summed E-state index contributed by atoms with van der Waals surface area (Å²) in [6, 6.07) is 5.16. The molecule has 0 saturated carbocycles. The lowest BCUT2D eigenvalue weighted by Gasteiger charge is -2.15. The number of nitrogens with one attached hydrogen (secondary N) is 1. The second kappa shape index (κ2) is 4.23. The second-order valence-electron chi connectivity index (χ2n) is 3.19. The van der Waals surface area contributed by atoms with Gasteiger partial charge in [0.1, 0.15) is 5.82 Å². The average Bonchev–Trinajstić information content (AvgIpc) is 2.13. The largest absolute Gasteiger partial charge is 0.381 e. The van der Waals surface area contributed by atoms with E-state index in [0.29, 0.717) is 12.1 Å². The molecule has 1 atom stereocenters. The Morgan fingerprint density at radius 3 is 2.85 bits per heavy atom. The van der Waals surface area contributed by atoms with Gasteiger partial charge < -0.3 is 11.1 Å². The highest BCUT2D eigenvalue weighted by Gasteiger charge is 2.04. The topological polar surface area (TPSA) is 38.0 Å². The maximum atomic E-state index is 13.1. The Kier molecular flexibility index (Phi) is 3.25. The lowest BCUT2D eigenvalue weighted by molar-refractivity contribution is 0.618. The molecule has 2 nitrogen and oxygen atoms in total. The predicted octanol–water partition coefficient (Wildman–Crippen LogP) is 1.89. The lowest BCUT2D eigenvalue weighted by atomic mass is 10.1. The molecule has 0 spiro atoms. The molecule has 1 unspecified atom stereocenters. The van der Waals surface area contributed by atoms with Gasteiger partial charge in [-0.3, -0.25) is 0 Å². The van der Waals surface area contributed by atoms with Crippen LogP contribution in [-0.2, 0) is 0 Å². The first-order chi connectivity index (χ1) is 6.15. The first-order valence-corrected chi connectivity index (χ1v) is 4.37. The van der Waals surface area contributed by atoms with Crippen LogP contribution in [0.25, 0.3) is 0 Å². The highest BCUT2D eigenvalue weighted by Crippen LogP contribution is 2.17. The Balaban J connectivity index is 2.83. The third-order valence-corrected chi connectivity index (χ3v) is 2.02.